The first-order chi connectivity index (χ1) is 8.77. The Morgan fingerprint density at radius 1 is 1.37 bits per heavy atom. The Kier molecular flexibility index (Phi) is 4.61. The zero-order valence-electron chi connectivity index (χ0n) is 11.1. The van der Waals surface area contributed by atoms with Crippen molar-refractivity contribution in [2.45, 2.75) is 26.3 Å². The van der Waals surface area contributed by atoms with Crippen molar-refractivity contribution in [3.8, 4) is 0 Å². The molecule has 0 aromatic heterocycles. The highest BCUT2D eigenvalue weighted by molar-refractivity contribution is 6.03. The smallest absolute Gasteiger partial charge is 0.337 e. The average Bonchev–Trinajstić information content (AvgIpc) is 2.30. The molecule has 0 radical (unpaired) electrons. The van der Waals surface area contributed by atoms with Crippen molar-refractivity contribution in [3.05, 3.63) is 29.6 Å². The first-order valence-electron chi connectivity index (χ1n) is 5.87. The number of carbonyl (C=O) groups is 2. The minimum atomic E-state index is -1.30. The molecule has 0 saturated heterocycles. The minimum absolute atomic E-state index is 0.0740. The number of halogens is 1. The normalized spacial score (nSPS) is 11.2. The van der Waals surface area contributed by atoms with Gasteiger partial charge in [0.1, 0.15) is 5.82 Å². The van der Waals surface area contributed by atoms with Crippen molar-refractivity contribution in [3.63, 3.8) is 0 Å². The molecule has 0 unspecified atom stereocenters. The van der Waals surface area contributed by atoms with Crippen LogP contribution in [0.25, 0.3) is 0 Å². The quantitative estimate of drug-likeness (QED) is 0.761. The molecule has 0 bridgehead atoms. The highest BCUT2D eigenvalue weighted by atomic mass is 19.1. The SMILES string of the molecule is CCNC(C)(C)C(=O)Nc1ccc(F)cc1C(=O)O. The summed E-state index contributed by atoms with van der Waals surface area (Å²) in [6, 6.07) is 3.21. The van der Waals surface area contributed by atoms with E-state index in [1.54, 1.807) is 13.8 Å². The maximum absolute atomic E-state index is 13.0. The molecule has 6 heteroatoms. The summed E-state index contributed by atoms with van der Waals surface area (Å²) in [6.07, 6.45) is 0. The van der Waals surface area contributed by atoms with E-state index < -0.39 is 17.3 Å². The molecule has 0 aliphatic carbocycles. The minimum Gasteiger partial charge on any atom is -0.478 e. The number of rotatable bonds is 5. The number of carboxylic acids is 1. The molecule has 0 aliphatic heterocycles. The van der Waals surface area contributed by atoms with Crippen LogP contribution in [0.5, 0.6) is 0 Å². The second-order valence-corrected chi connectivity index (χ2v) is 4.60. The van der Waals surface area contributed by atoms with Crippen molar-refractivity contribution in [2.24, 2.45) is 0 Å². The molecule has 19 heavy (non-hydrogen) atoms. The largest absolute Gasteiger partial charge is 0.478 e. The summed E-state index contributed by atoms with van der Waals surface area (Å²) in [5.74, 6) is -2.35. The summed E-state index contributed by atoms with van der Waals surface area (Å²) >= 11 is 0. The van der Waals surface area contributed by atoms with Crippen molar-refractivity contribution in [2.75, 3.05) is 11.9 Å². The fourth-order valence-electron chi connectivity index (χ4n) is 1.60. The van der Waals surface area contributed by atoms with Gasteiger partial charge in [0, 0.05) is 0 Å². The number of likely N-dealkylation sites (N-methyl/N-ethyl adjacent to an activating group) is 1. The molecule has 0 heterocycles. The molecule has 0 saturated carbocycles. The van der Waals surface area contributed by atoms with E-state index in [9.17, 15) is 14.0 Å². The van der Waals surface area contributed by atoms with Gasteiger partial charge in [0.25, 0.3) is 0 Å². The number of benzene rings is 1. The van der Waals surface area contributed by atoms with Crippen LogP contribution in [-0.2, 0) is 4.79 Å². The van der Waals surface area contributed by atoms with E-state index in [1.807, 2.05) is 6.92 Å². The molecule has 0 aliphatic rings. The van der Waals surface area contributed by atoms with E-state index in [0.717, 1.165) is 12.1 Å². The van der Waals surface area contributed by atoms with Crippen LogP contribution in [0.3, 0.4) is 0 Å². The fraction of sp³-hybridized carbons (Fsp3) is 0.385. The second kappa shape index (κ2) is 5.79. The zero-order chi connectivity index (χ0) is 14.6. The molecule has 104 valence electrons. The van der Waals surface area contributed by atoms with Gasteiger partial charge in [-0.3, -0.25) is 4.79 Å². The second-order valence-electron chi connectivity index (χ2n) is 4.60. The van der Waals surface area contributed by atoms with Gasteiger partial charge in [0.2, 0.25) is 5.91 Å². The Morgan fingerprint density at radius 2 is 2.00 bits per heavy atom. The lowest BCUT2D eigenvalue weighted by molar-refractivity contribution is -0.121. The van der Waals surface area contributed by atoms with Gasteiger partial charge < -0.3 is 15.7 Å². The predicted octanol–water partition coefficient (Wildman–Crippen LogP) is 1.85. The first kappa shape index (κ1) is 15.1. The number of hydrogen-bond acceptors (Lipinski definition) is 3. The molecule has 1 aromatic carbocycles. The number of aromatic carboxylic acids is 1. The monoisotopic (exact) mass is 268 g/mol. The number of amides is 1. The van der Waals surface area contributed by atoms with E-state index in [0.29, 0.717) is 6.54 Å². The standard InChI is InChI=1S/C13H17FN2O3/c1-4-15-13(2,3)12(19)16-10-6-5-8(14)7-9(10)11(17)18/h5-7,15H,4H2,1-3H3,(H,16,19)(H,17,18). The molecule has 1 aromatic rings. The summed E-state index contributed by atoms with van der Waals surface area (Å²) in [5, 5.41) is 14.4. The molecule has 0 fully saturated rings. The van der Waals surface area contributed by atoms with Gasteiger partial charge in [-0.1, -0.05) is 6.92 Å². The van der Waals surface area contributed by atoms with Crippen LogP contribution in [0.15, 0.2) is 18.2 Å². The van der Waals surface area contributed by atoms with Crippen LogP contribution in [0.4, 0.5) is 10.1 Å². The van der Waals surface area contributed by atoms with E-state index >= 15 is 0 Å². The molecule has 5 nitrogen and oxygen atoms in total. The number of hydrogen-bond donors (Lipinski definition) is 3. The molecule has 0 spiro atoms. The van der Waals surface area contributed by atoms with Gasteiger partial charge in [-0.2, -0.15) is 0 Å². The van der Waals surface area contributed by atoms with Crippen molar-refractivity contribution < 1.29 is 19.1 Å². The van der Waals surface area contributed by atoms with E-state index in [2.05, 4.69) is 10.6 Å². The maximum atomic E-state index is 13.0. The van der Waals surface area contributed by atoms with Crippen LogP contribution in [0.2, 0.25) is 0 Å². The summed E-state index contributed by atoms with van der Waals surface area (Å²) < 4.78 is 13.0. The Labute approximate surface area is 110 Å². The van der Waals surface area contributed by atoms with Crippen molar-refractivity contribution in [1.29, 1.82) is 0 Å². The molecular weight excluding hydrogens is 251 g/mol. The van der Waals surface area contributed by atoms with E-state index in [4.69, 9.17) is 5.11 Å². The van der Waals surface area contributed by atoms with Gasteiger partial charge in [-0.25, -0.2) is 9.18 Å². The number of carbonyl (C=O) groups excluding carboxylic acids is 1. The summed E-state index contributed by atoms with van der Waals surface area (Å²) in [6.45, 7) is 5.80. The van der Waals surface area contributed by atoms with Gasteiger partial charge >= 0.3 is 5.97 Å². The van der Waals surface area contributed by atoms with Crippen LogP contribution in [0.1, 0.15) is 31.1 Å². The molecule has 3 N–H and O–H groups in total. The lowest BCUT2D eigenvalue weighted by Gasteiger charge is -2.24. The van der Waals surface area contributed by atoms with Crippen LogP contribution >= 0.6 is 0 Å². The molecular formula is C13H17FN2O3. The lowest BCUT2D eigenvalue weighted by atomic mass is 10.0. The van der Waals surface area contributed by atoms with Crippen LogP contribution < -0.4 is 10.6 Å². The van der Waals surface area contributed by atoms with Crippen LogP contribution in [-0.4, -0.2) is 29.1 Å². The van der Waals surface area contributed by atoms with Gasteiger partial charge in [-0.15, -0.1) is 0 Å². The Balaban J connectivity index is 3.00. The number of nitrogens with one attached hydrogen (secondary N) is 2. The number of carboxylic acid groups (broad SMARTS) is 1. The number of anilines is 1. The van der Waals surface area contributed by atoms with Crippen molar-refractivity contribution in [1.82, 2.24) is 5.32 Å². The summed E-state index contributed by atoms with van der Waals surface area (Å²) in [7, 11) is 0. The van der Waals surface area contributed by atoms with Crippen LogP contribution in [0, 0.1) is 5.82 Å². The molecule has 1 rings (SSSR count). The molecule has 0 atom stereocenters. The Bertz CT molecular complexity index is 501. The van der Waals surface area contributed by atoms with Gasteiger partial charge in [-0.05, 0) is 38.6 Å². The Hall–Kier alpha value is -1.95. The maximum Gasteiger partial charge on any atom is 0.337 e. The Morgan fingerprint density at radius 3 is 2.53 bits per heavy atom. The van der Waals surface area contributed by atoms with Gasteiger partial charge in [0.05, 0.1) is 16.8 Å². The third-order valence-electron chi connectivity index (χ3n) is 2.65. The predicted molar refractivity (Wildman–Crippen MR) is 69.7 cm³/mol. The van der Waals surface area contributed by atoms with Crippen molar-refractivity contribution >= 4 is 17.6 Å². The topological polar surface area (TPSA) is 78.4 Å². The van der Waals surface area contributed by atoms with E-state index in [-0.39, 0.29) is 17.2 Å². The highest BCUT2D eigenvalue weighted by Crippen LogP contribution is 2.18. The zero-order valence-corrected chi connectivity index (χ0v) is 11.1. The lowest BCUT2D eigenvalue weighted by Crippen LogP contribution is -2.49. The average molecular weight is 268 g/mol. The first-order valence-corrected chi connectivity index (χ1v) is 5.87. The highest BCUT2D eigenvalue weighted by Gasteiger charge is 2.27. The summed E-state index contributed by atoms with van der Waals surface area (Å²) in [5.41, 5.74) is -1.05. The third-order valence-corrected chi connectivity index (χ3v) is 2.65. The van der Waals surface area contributed by atoms with E-state index in [1.165, 1.54) is 6.07 Å². The molecule has 1 amide bonds. The third kappa shape index (κ3) is 3.75. The van der Waals surface area contributed by atoms with Gasteiger partial charge in [0.15, 0.2) is 0 Å². The fourth-order valence-corrected chi connectivity index (χ4v) is 1.60. The summed E-state index contributed by atoms with van der Waals surface area (Å²) in [4.78, 5) is 23.0.